The zero-order chi connectivity index (χ0) is 11.7. The smallest absolute Gasteiger partial charge is 0.303 e. The van der Waals surface area contributed by atoms with Gasteiger partial charge in [-0.2, -0.15) is 0 Å². The summed E-state index contributed by atoms with van der Waals surface area (Å²) in [7, 11) is 0. The van der Waals surface area contributed by atoms with Crippen LogP contribution >= 0.6 is 0 Å². The maximum atomic E-state index is 11.1. The molecule has 0 aromatic carbocycles. The molecule has 0 aliphatic carbocycles. The van der Waals surface area contributed by atoms with Gasteiger partial charge in [0.05, 0.1) is 6.42 Å². The van der Waals surface area contributed by atoms with Crippen LogP contribution in [0.1, 0.15) is 51.9 Å². The van der Waals surface area contributed by atoms with E-state index in [-0.39, 0.29) is 24.4 Å². The first-order valence-corrected chi connectivity index (χ1v) is 5.25. The first kappa shape index (κ1) is 13.8. The van der Waals surface area contributed by atoms with Crippen molar-refractivity contribution in [2.24, 2.45) is 0 Å². The Morgan fingerprint density at radius 3 is 1.93 bits per heavy atom. The van der Waals surface area contributed by atoms with Gasteiger partial charge in [-0.25, -0.2) is 0 Å². The number of carboxylic acid groups (broad SMARTS) is 1. The lowest BCUT2D eigenvalue weighted by Crippen LogP contribution is -2.03. The molecular weight excluding hydrogens is 196 g/mol. The van der Waals surface area contributed by atoms with Crippen molar-refractivity contribution in [3.8, 4) is 0 Å². The van der Waals surface area contributed by atoms with E-state index < -0.39 is 5.97 Å². The highest BCUT2D eigenvalue weighted by molar-refractivity contribution is 5.97. The normalized spacial score (nSPS) is 9.93. The van der Waals surface area contributed by atoms with Crippen molar-refractivity contribution in [1.29, 1.82) is 0 Å². The molecule has 0 spiro atoms. The highest BCUT2D eigenvalue weighted by Crippen LogP contribution is 2.06. The van der Waals surface area contributed by atoms with Crippen LogP contribution in [-0.2, 0) is 14.4 Å². The lowest BCUT2D eigenvalue weighted by atomic mass is 10.1. The van der Waals surface area contributed by atoms with Gasteiger partial charge in [-0.15, -0.1) is 0 Å². The summed E-state index contributed by atoms with van der Waals surface area (Å²) in [4.78, 5) is 31.8. The van der Waals surface area contributed by atoms with Crippen LogP contribution in [0.3, 0.4) is 0 Å². The van der Waals surface area contributed by atoms with Crippen molar-refractivity contribution in [2.45, 2.75) is 51.9 Å². The van der Waals surface area contributed by atoms with Gasteiger partial charge in [-0.3, -0.25) is 14.4 Å². The monoisotopic (exact) mass is 214 g/mol. The van der Waals surface area contributed by atoms with E-state index >= 15 is 0 Å². The minimum Gasteiger partial charge on any atom is -0.481 e. The fourth-order valence-corrected chi connectivity index (χ4v) is 1.32. The summed E-state index contributed by atoms with van der Waals surface area (Å²) in [6.45, 7) is 1.41. The molecule has 0 heterocycles. The Bertz CT molecular complexity index is 233. The number of carboxylic acids is 1. The second kappa shape index (κ2) is 8.15. The van der Waals surface area contributed by atoms with Crippen molar-refractivity contribution in [2.75, 3.05) is 0 Å². The molecule has 0 aromatic rings. The van der Waals surface area contributed by atoms with Crippen LogP contribution in [0.15, 0.2) is 0 Å². The van der Waals surface area contributed by atoms with E-state index in [0.717, 1.165) is 19.3 Å². The van der Waals surface area contributed by atoms with Crippen LogP contribution in [0.25, 0.3) is 0 Å². The molecule has 0 bridgehead atoms. The van der Waals surface area contributed by atoms with Crippen molar-refractivity contribution < 1.29 is 19.5 Å². The van der Waals surface area contributed by atoms with Gasteiger partial charge in [0.25, 0.3) is 0 Å². The molecule has 86 valence electrons. The van der Waals surface area contributed by atoms with E-state index in [1.807, 2.05) is 0 Å². The number of Topliss-reactive ketones (excluding diaryl/α,β-unsaturated/α-hetero) is 2. The molecule has 1 N–H and O–H groups in total. The average molecular weight is 214 g/mol. The molecular formula is C11H18O4. The van der Waals surface area contributed by atoms with Gasteiger partial charge in [0, 0.05) is 12.8 Å². The van der Waals surface area contributed by atoms with Gasteiger partial charge >= 0.3 is 5.97 Å². The lowest BCUT2D eigenvalue weighted by molar-refractivity contribution is -0.137. The number of ketones is 2. The van der Waals surface area contributed by atoms with Gasteiger partial charge < -0.3 is 5.11 Å². The Kier molecular flexibility index (Phi) is 7.50. The fourth-order valence-electron chi connectivity index (χ4n) is 1.32. The Morgan fingerprint density at radius 1 is 0.933 bits per heavy atom. The minimum atomic E-state index is -0.775. The quantitative estimate of drug-likeness (QED) is 0.470. The number of carbonyl (C=O) groups excluding carboxylic acids is 2. The molecule has 0 saturated heterocycles. The molecule has 0 amide bonds. The molecule has 15 heavy (non-hydrogen) atoms. The number of hydrogen-bond donors (Lipinski definition) is 1. The predicted molar refractivity (Wildman–Crippen MR) is 55.6 cm³/mol. The Morgan fingerprint density at radius 2 is 1.47 bits per heavy atom. The molecule has 0 radical (unpaired) electrons. The highest BCUT2D eigenvalue weighted by atomic mass is 16.4. The van der Waals surface area contributed by atoms with Gasteiger partial charge in [0.2, 0.25) is 0 Å². The van der Waals surface area contributed by atoms with Crippen LogP contribution in [-0.4, -0.2) is 22.6 Å². The highest BCUT2D eigenvalue weighted by Gasteiger charge is 2.04. The molecule has 0 aliphatic rings. The number of unbranched alkanes of at least 4 members (excludes halogenated alkanes) is 3. The summed E-state index contributed by atoms with van der Waals surface area (Å²) < 4.78 is 0. The van der Waals surface area contributed by atoms with Crippen LogP contribution in [0.2, 0.25) is 0 Å². The number of aliphatic carboxylic acids is 1. The van der Waals surface area contributed by atoms with Gasteiger partial charge in [-0.1, -0.05) is 12.8 Å². The van der Waals surface area contributed by atoms with Gasteiger partial charge in [0.15, 0.2) is 0 Å². The van der Waals surface area contributed by atoms with Gasteiger partial charge in [-0.05, 0) is 19.8 Å². The van der Waals surface area contributed by atoms with Crippen molar-refractivity contribution in [1.82, 2.24) is 0 Å². The zero-order valence-corrected chi connectivity index (χ0v) is 9.12. The second-order valence-corrected chi connectivity index (χ2v) is 3.73. The van der Waals surface area contributed by atoms with Crippen molar-refractivity contribution in [3.63, 3.8) is 0 Å². The third-order valence-electron chi connectivity index (χ3n) is 2.04. The summed E-state index contributed by atoms with van der Waals surface area (Å²) >= 11 is 0. The summed E-state index contributed by atoms with van der Waals surface area (Å²) in [6, 6.07) is 0. The molecule has 0 fully saturated rings. The van der Waals surface area contributed by atoms with Crippen molar-refractivity contribution in [3.05, 3.63) is 0 Å². The van der Waals surface area contributed by atoms with Gasteiger partial charge in [0.1, 0.15) is 11.6 Å². The Hall–Kier alpha value is -1.19. The molecule has 4 heteroatoms. The molecule has 0 aromatic heterocycles. The SMILES string of the molecule is CC(=O)CC(=O)CCCCCCC(=O)O. The molecule has 0 unspecified atom stereocenters. The van der Waals surface area contributed by atoms with E-state index in [9.17, 15) is 14.4 Å². The molecule has 0 saturated carbocycles. The molecule has 4 nitrogen and oxygen atoms in total. The van der Waals surface area contributed by atoms with Crippen LogP contribution < -0.4 is 0 Å². The van der Waals surface area contributed by atoms with Crippen LogP contribution in [0.5, 0.6) is 0 Å². The summed E-state index contributed by atoms with van der Waals surface area (Å²) in [5.41, 5.74) is 0. The third kappa shape index (κ3) is 10.7. The summed E-state index contributed by atoms with van der Waals surface area (Å²) in [5, 5.41) is 8.37. The topological polar surface area (TPSA) is 71.4 Å². The summed E-state index contributed by atoms with van der Waals surface area (Å²) in [5.74, 6) is -0.880. The first-order chi connectivity index (χ1) is 7.02. The van der Waals surface area contributed by atoms with E-state index in [2.05, 4.69) is 0 Å². The van der Waals surface area contributed by atoms with Crippen molar-refractivity contribution >= 4 is 17.5 Å². The Labute approximate surface area is 89.7 Å². The zero-order valence-electron chi connectivity index (χ0n) is 9.12. The minimum absolute atomic E-state index is 0.0132. The van der Waals surface area contributed by atoms with E-state index in [0.29, 0.717) is 12.8 Å². The number of carbonyl (C=O) groups is 3. The average Bonchev–Trinajstić information content (AvgIpc) is 2.09. The van der Waals surface area contributed by atoms with E-state index in [1.54, 1.807) is 0 Å². The molecule has 0 aliphatic heterocycles. The number of hydrogen-bond acceptors (Lipinski definition) is 3. The van der Waals surface area contributed by atoms with E-state index in [1.165, 1.54) is 6.92 Å². The second-order valence-electron chi connectivity index (χ2n) is 3.73. The third-order valence-corrected chi connectivity index (χ3v) is 2.04. The lowest BCUT2D eigenvalue weighted by Gasteiger charge is -1.99. The molecule has 0 atom stereocenters. The fraction of sp³-hybridized carbons (Fsp3) is 0.727. The number of rotatable bonds is 9. The van der Waals surface area contributed by atoms with E-state index in [4.69, 9.17) is 5.11 Å². The molecule has 0 rings (SSSR count). The Balaban J connectivity index is 3.27. The van der Waals surface area contributed by atoms with Crippen LogP contribution in [0, 0.1) is 0 Å². The van der Waals surface area contributed by atoms with Crippen LogP contribution in [0.4, 0.5) is 0 Å². The first-order valence-electron chi connectivity index (χ1n) is 5.25. The largest absolute Gasteiger partial charge is 0.481 e. The summed E-state index contributed by atoms with van der Waals surface area (Å²) in [6.07, 6.45) is 3.78. The predicted octanol–water partition coefficient (Wildman–Crippen LogP) is 1.96. The maximum absolute atomic E-state index is 11.1. The standard InChI is InChI=1S/C11H18O4/c1-9(12)8-10(13)6-4-2-3-5-7-11(14)15/h2-8H2,1H3,(H,14,15). The maximum Gasteiger partial charge on any atom is 0.303 e.